The van der Waals surface area contributed by atoms with E-state index >= 15 is 0 Å². The van der Waals surface area contributed by atoms with Gasteiger partial charge in [0.25, 0.3) is 0 Å². The number of anilines is 1. The zero-order valence-electron chi connectivity index (χ0n) is 10.1. The highest BCUT2D eigenvalue weighted by molar-refractivity contribution is 5.87. The standard InChI is InChI=1S/C13H16N4/c1-13(2)9-5-17(6-10(9)13)12-8-3-4-14-11(8)15-7-16-12/h3-4,7,9-10H,5-6H2,1-2H3,(H,14,15,16). The molecule has 4 heteroatoms. The van der Waals surface area contributed by atoms with Gasteiger partial charge < -0.3 is 9.88 Å². The molecule has 0 radical (unpaired) electrons. The Bertz CT molecular complexity index is 572. The van der Waals surface area contributed by atoms with Crippen LogP contribution in [-0.2, 0) is 0 Å². The zero-order chi connectivity index (χ0) is 11.6. The van der Waals surface area contributed by atoms with E-state index in [2.05, 4.69) is 39.8 Å². The first-order valence-corrected chi connectivity index (χ1v) is 6.21. The first kappa shape index (κ1) is 9.45. The van der Waals surface area contributed by atoms with E-state index in [-0.39, 0.29) is 0 Å². The van der Waals surface area contributed by atoms with E-state index in [1.807, 2.05) is 6.20 Å². The number of piperidine rings is 1. The largest absolute Gasteiger partial charge is 0.355 e. The molecule has 0 bridgehead atoms. The number of hydrogen-bond donors (Lipinski definition) is 1. The average molecular weight is 228 g/mol. The number of hydrogen-bond acceptors (Lipinski definition) is 3. The molecule has 2 atom stereocenters. The number of aromatic nitrogens is 3. The Morgan fingerprint density at radius 3 is 2.82 bits per heavy atom. The lowest BCUT2D eigenvalue weighted by Gasteiger charge is -2.23. The molecule has 2 aromatic heterocycles. The molecule has 1 saturated carbocycles. The third-order valence-corrected chi connectivity index (χ3v) is 4.75. The summed E-state index contributed by atoms with van der Waals surface area (Å²) < 4.78 is 0. The maximum atomic E-state index is 4.46. The van der Waals surface area contributed by atoms with Crippen LogP contribution in [0.5, 0.6) is 0 Å². The van der Waals surface area contributed by atoms with E-state index in [4.69, 9.17) is 0 Å². The second kappa shape index (κ2) is 2.81. The molecule has 0 aromatic carbocycles. The summed E-state index contributed by atoms with van der Waals surface area (Å²) in [5, 5.41) is 1.15. The van der Waals surface area contributed by atoms with Crippen molar-refractivity contribution in [3.63, 3.8) is 0 Å². The molecule has 17 heavy (non-hydrogen) atoms. The van der Waals surface area contributed by atoms with Crippen molar-refractivity contribution in [2.24, 2.45) is 17.3 Å². The minimum atomic E-state index is 0.556. The van der Waals surface area contributed by atoms with Crippen molar-refractivity contribution in [2.45, 2.75) is 13.8 Å². The Morgan fingerprint density at radius 2 is 2.06 bits per heavy atom. The molecule has 1 N–H and O–H groups in total. The van der Waals surface area contributed by atoms with Gasteiger partial charge in [-0.2, -0.15) is 0 Å². The summed E-state index contributed by atoms with van der Waals surface area (Å²) in [5.41, 5.74) is 1.50. The summed E-state index contributed by atoms with van der Waals surface area (Å²) in [7, 11) is 0. The lowest BCUT2D eigenvalue weighted by atomic mass is 10.1. The van der Waals surface area contributed by atoms with Gasteiger partial charge in [-0.25, -0.2) is 9.97 Å². The van der Waals surface area contributed by atoms with Gasteiger partial charge in [0.2, 0.25) is 0 Å². The van der Waals surface area contributed by atoms with Crippen molar-refractivity contribution in [1.29, 1.82) is 0 Å². The van der Waals surface area contributed by atoms with Gasteiger partial charge in [-0.3, -0.25) is 0 Å². The van der Waals surface area contributed by atoms with Crippen LogP contribution in [0.15, 0.2) is 18.6 Å². The molecule has 4 rings (SSSR count). The van der Waals surface area contributed by atoms with E-state index in [0.29, 0.717) is 5.41 Å². The number of nitrogens with one attached hydrogen (secondary N) is 1. The van der Waals surface area contributed by atoms with Crippen LogP contribution in [0.1, 0.15) is 13.8 Å². The topological polar surface area (TPSA) is 44.8 Å². The van der Waals surface area contributed by atoms with E-state index < -0.39 is 0 Å². The molecule has 88 valence electrons. The SMILES string of the molecule is CC1(C)C2CN(c3ncnc4[nH]ccc34)CC21. The highest BCUT2D eigenvalue weighted by Gasteiger charge is 2.62. The van der Waals surface area contributed by atoms with E-state index in [1.54, 1.807) is 6.33 Å². The fourth-order valence-electron chi connectivity index (χ4n) is 3.42. The van der Waals surface area contributed by atoms with Crippen LogP contribution in [0.4, 0.5) is 5.82 Å². The second-order valence-electron chi connectivity index (χ2n) is 5.88. The molecule has 4 nitrogen and oxygen atoms in total. The predicted molar refractivity (Wildman–Crippen MR) is 66.9 cm³/mol. The molecule has 2 fully saturated rings. The summed E-state index contributed by atoms with van der Waals surface area (Å²) >= 11 is 0. The van der Waals surface area contributed by atoms with Gasteiger partial charge in [-0.15, -0.1) is 0 Å². The van der Waals surface area contributed by atoms with E-state index in [1.165, 1.54) is 0 Å². The van der Waals surface area contributed by atoms with Crippen molar-refractivity contribution >= 4 is 16.9 Å². The minimum Gasteiger partial charge on any atom is -0.355 e. The Morgan fingerprint density at radius 1 is 1.29 bits per heavy atom. The Hall–Kier alpha value is -1.58. The molecular formula is C13H16N4. The zero-order valence-corrected chi connectivity index (χ0v) is 10.1. The van der Waals surface area contributed by atoms with Gasteiger partial charge in [-0.1, -0.05) is 13.8 Å². The van der Waals surface area contributed by atoms with Gasteiger partial charge in [-0.05, 0) is 23.3 Å². The van der Waals surface area contributed by atoms with Crippen LogP contribution in [-0.4, -0.2) is 28.0 Å². The van der Waals surface area contributed by atoms with Crippen molar-refractivity contribution in [3.8, 4) is 0 Å². The molecule has 1 aliphatic carbocycles. The summed E-state index contributed by atoms with van der Waals surface area (Å²) in [6.07, 6.45) is 3.59. The van der Waals surface area contributed by atoms with Gasteiger partial charge >= 0.3 is 0 Å². The van der Waals surface area contributed by atoms with Gasteiger partial charge in [0, 0.05) is 19.3 Å². The molecule has 2 aromatic rings. The molecule has 1 aliphatic heterocycles. The average Bonchev–Trinajstić information content (AvgIpc) is 2.82. The summed E-state index contributed by atoms with van der Waals surface area (Å²) in [4.78, 5) is 14.3. The van der Waals surface area contributed by atoms with Crippen LogP contribution in [0.25, 0.3) is 11.0 Å². The van der Waals surface area contributed by atoms with Gasteiger partial charge in [0.1, 0.15) is 17.8 Å². The minimum absolute atomic E-state index is 0.556. The number of fused-ring (bicyclic) bond motifs is 2. The highest BCUT2D eigenvalue weighted by atomic mass is 15.2. The van der Waals surface area contributed by atoms with Gasteiger partial charge in [0.05, 0.1) is 5.39 Å². The molecule has 0 spiro atoms. The summed E-state index contributed by atoms with van der Waals surface area (Å²) in [6.45, 7) is 7.06. The first-order valence-electron chi connectivity index (χ1n) is 6.21. The molecule has 0 amide bonds. The van der Waals surface area contributed by atoms with Crippen LogP contribution in [0.3, 0.4) is 0 Å². The molecule has 2 aliphatic rings. The lowest BCUT2D eigenvalue weighted by Crippen LogP contribution is -2.27. The third-order valence-electron chi connectivity index (χ3n) is 4.75. The van der Waals surface area contributed by atoms with Crippen molar-refractivity contribution in [1.82, 2.24) is 15.0 Å². The van der Waals surface area contributed by atoms with Crippen LogP contribution in [0.2, 0.25) is 0 Å². The smallest absolute Gasteiger partial charge is 0.142 e. The molecule has 3 heterocycles. The number of rotatable bonds is 1. The first-order chi connectivity index (χ1) is 8.18. The van der Waals surface area contributed by atoms with Crippen molar-refractivity contribution in [2.75, 3.05) is 18.0 Å². The lowest BCUT2D eigenvalue weighted by molar-refractivity contribution is 0.499. The number of H-pyrrole nitrogens is 1. The highest BCUT2D eigenvalue weighted by Crippen LogP contribution is 2.62. The fourth-order valence-corrected chi connectivity index (χ4v) is 3.42. The third kappa shape index (κ3) is 1.13. The normalized spacial score (nSPS) is 29.6. The van der Waals surface area contributed by atoms with Crippen LogP contribution >= 0.6 is 0 Å². The number of aromatic amines is 1. The van der Waals surface area contributed by atoms with Crippen LogP contribution in [0, 0.1) is 17.3 Å². The Kier molecular flexibility index (Phi) is 1.56. The Balaban J connectivity index is 1.71. The molecule has 1 saturated heterocycles. The number of nitrogens with zero attached hydrogens (tertiary/aromatic N) is 3. The van der Waals surface area contributed by atoms with E-state index in [0.717, 1.165) is 41.8 Å². The molecule has 2 unspecified atom stereocenters. The quantitative estimate of drug-likeness (QED) is 0.812. The summed E-state index contributed by atoms with van der Waals surface area (Å²) in [6, 6.07) is 2.07. The van der Waals surface area contributed by atoms with Crippen molar-refractivity contribution in [3.05, 3.63) is 18.6 Å². The predicted octanol–water partition coefficient (Wildman–Crippen LogP) is 2.05. The van der Waals surface area contributed by atoms with Crippen LogP contribution < -0.4 is 4.90 Å². The van der Waals surface area contributed by atoms with Gasteiger partial charge in [0.15, 0.2) is 0 Å². The summed E-state index contributed by atoms with van der Waals surface area (Å²) in [5.74, 6) is 2.80. The fraction of sp³-hybridized carbons (Fsp3) is 0.538. The Labute approximate surface area is 100 Å². The van der Waals surface area contributed by atoms with E-state index in [9.17, 15) is 0 Å². The maximum Gasteiger partial charge on any atom is 0.142 e. The second-order valence-corrected chi connectivity index (χ2v) is 5.88. The van der Waals surface area contributed by atoms with Crippen molar-refractivity contribution < 1.29 is 0 Å². The monoisotopic (exact) mass is 228 g/mol. The molecular weight excluding hydrogens is 212 g/mol. The maximum absolute atomic E-state index is 4.46.